The van der Waals surface area contributed by atoms with E-state index in [4.69, 9.17) is 0 Å². The molecule has 1 aromatic rings. The van der Waals surface area contributed by atoms with Crippen LogP contribution in [0.2, 0.25) is 0 Å². The first-order valence-electron chi connectivity index (χ1n) is 6.03. The van der Waals surface area contributed by atoms with Crippen LogP contribution in [-0.2, 0) is 12.0 Å². The van der Waals surface area contributed by atoms with Crippen molar-refractivity contribution < 1.29 is 4.57 Å². The molecule has 0 bridgehead atoms. The summed E-state index contributed by atoms with van der Waals surface area (Å²) in [5.41, 5.74) is 2.48. The quantitative estimate of drug-likeness (QED) is 0.529. The molecule has 0 saturated carbocycles. The Hall–Kier alpha value is -0.370. The SMILES string of the molecule is CCCCCCc1c[n+](C(C)(C)C)cs1. The third-order valence-corrected chi connectivity index (χ3v) is 3.60. The standard InChI is InChI=1S/C13H24NS/c1-5-6-7-8-9-12-10-14(11-15-12)13(2,3)4/h10-11H,5-9H2,1-4H3/q+1. The Labute approximate surface area is 98.2 Å². The minimum atomic E-state index is 0.234. The number of unbranched alkanes of at least 4 members (excludes halogenated alkanes) is 3. The Morgan fingerprint density at radius 3 is 2.47 bits per heavy atom. The molecule has 0 aliphatic heterocycles. The van der Waals surface area contributed by atoms with E-state index in [2.05, 4.69) is 44.0 Å². The molecule has 0 atom stereocenters. The maximum Gasteiger partial charge on any atom is 0.225 e. The molecule has 0 aliphatic carbocycles. The average Bonchev–Trinajstić information content (AvgIpc) is 2.60. The van der Waals surface area contributed by atoms with Crippen LogP contribution in [-0.4, -0.2) is 0 Å². The number of rotatable bonds is 5. The van der Waals surface area contributed by atoms with Gasteiger partial charge in [0.1, 0.15) is 0 Å². The van der Waals surface area contributed by atoms with E-state index in [0.717, 1.165) is 0 Å². The smallest absolute Gasteiger partial charge is 0.191 e. The van der Waals surface area contributed by atoms with Crippen molar-refractivity contribution in [3.63, 3.8) is 0 Å². The number of nitrogens with zero attached hydrogens (tertiary/aromatic N) is 1. The van der Waals surface area contributed by atoms with Crippen molar-refractivity contribution >= 4 is 11.3 Å². The summed E-state index contributed by atoms with van der Waals surface area (Å²) in [6.45, 7) is 9.01. The maximum atomic E-state index is 2.33. The summed E-state index contributed by atoms with van der Waals surface area (Å²) in [5, 5.41) is 0. The molecule has 1 heterocycles. The highest BCUT2D eigenvalue weighted by atomic mass is 32.1. The Balaban J connectivity index is 2.40. The van der Waals surface area contributed by atoms with Gasteiger partial charge in [0.2, 0.25) is 5.51 Å². The van der Waals surface area contributed by atoms with Crippen LogP contribution in [0.25, 0.3) is 0 Å². The number of hydrogen-bond acceptors (Lipinski definition) is 1. The zero-order chi connectivity index (χ0) is 11.3. The van der Waals surface area contributed by atoms with E-state index in [1.54, 1.807) is 0 Å². The van der Waals surface area contributed by atoms with Gasteiger partial charge in [0, 0.05) is 20.8 Å². The number of aromatic nitrogens is 1. The average molecular weight is 226 g/mol. The Kier molecular flexibility index (Phi) is 4.78. The second-order valence-electron chi connectivity index (χ2n) is 5.21. The van der Waals surface area contributed by atoms with E-state index in [-0.39, 0.29) is 5.54 Å². The van der Waals surface area contributed by atoms with E-state index in [1.807, 2.05) is 11.3 Å². The van der Waals surface area contributed by atoms with Gasteiger partial charge in [0.15, 0.2) is 11.7 Å². The van der Waals surface area contributed by atoms with Gasteiger partial charge in [-0.1, -0.05) is 37.5 Å². The summed E-state index contributed by atoms with van der Waals surface area (Å²) < 4.78 is 2.33. The third-order valence-electron chi connectivity index (χ3n) is 2.65. The van der Waals surface area contributed by atoms with Crippen molar-refractivity contribution in [2.45, 2.75) is 65.3 Å². The van der Waals surface area contributed by atoms with Crippen molar-refractivity contribution in [1.82, 2.24) is 0 Å². The first-order valence-corrected chi connectivity index (χ1v) is 6.91. The normalized spacial score (nSPS) is 12.0. The van der Waals surface area contributed by atoms with Gasteiger partial charge in [-0.2, -0.15) is 4.57 Å². The minimum absolute atomic E-state index is 0.234. The van der Waals surface area contributed by atoms with Crippen molar-refractivity contribution in [3.8, 4) is 0 Å². The van der Waals surface area contributed by atoms with Crippen LogP contribution < -0.4 is 4.57 Å². The summed E-state index contributed by atoms with van der Waals surface area (Å²) >= 11 is 1.90. The van der Waals surface area contributed by atoms with E-state index < -0.39 is 0 Å². The van der Waals surface area contributed by atoms with E-state index in [9.17, 15) is 0 Å². The van der Waals surface area contributed by atoms with Gasteiger partial charge in [0.05, 0.1) is 4.88 Å². The Bertz CT molecular complexity index is 283. The molecule has 1 aromatic heterocycles. The minimum Gasteiger partial charge on any atom is -0.191 e. The maximum absolute atomic E-state index is 2.33. The third kappa shape index (κ3) is 4.33. The Morgan fingerprint density at radius 2 is 1.93 bits per heavy atom. The van der Waals surface area contributed by atoms with Crippen molar-refractivity contribution in [2.75, 3.05) is 0 Å². The largest absolute Gasteiger partial charge is 0.225 e. The van der Waals surface area contributed by atoms with Crippen molar-refractivity contribution in [1.29, 1.82) is 0 Å². The van der Waals surface area contributed by atoms with Crippen LogP contribution in [0.3, 0.4) is 0 Å². The lowest BCUT2D eigenvalue weighted by atomic mass is 10.1. The molecule has 0 fully saturated rings. The second-order valence-corrected chi connectivity index (χ2v) is 6.18. The van der Waals surface area contributed by atoms with Crippen LogP contribution >= 0.6 is 11.3 Å². The molecular weight excluding hydrogens is 202 g/mol. The summed E-state index contributed by atoms with van der Waals surface area (Å²) in [4.78, 5) is 1.53. The summed E-state index contributed by atoms with van der Waals surface area (Å²) in [5.74, 6) is 0. The van der Waals surface area contributed by atoms with Gasteiger partial charge in [0.25, 0.3) is 0 Å². The molecule has 0 spiro atoms. The summed E-state index contributed by atoms with van der Waals surface area (Å²) in [6.07, 6.45) is 9.00. The predicted molar refractivity (Wildman–Crippen MR) is 67.4 cm³/mol. The van der Waals surface area contributed by atoms with E-state index in [1.165, 1.54) is 37.0 Å². The lowest BCUT2D eigenvalue weighted by molar-refractivity contribution is -0.750. The van der Waals surface area contributed by atoms with Gasteiger partial charge in [-0.15, -0.1) is 0 Å². The molecule has 1 nitrogen and oxygen atoms in total. The highest BCUT2D eigenvalue weighted by Gasteiger charge is 2.22. The van der Waals surface area contributed by atoms with Gasteiger partial charge in [-0.25, -0.2) is 0 Å². The van der Waals surface area contributed by atoms with Gasteiger partial charge >= 0.3 is 0 Å². The first-order chi connectivity index (χ1) is 7.04. The molecule has 86 valence electrons. The van der Waals surface area contributed by atoms with Crippen molar-refractivity contribution in [2.24, 2.45) is 0 Å². The fourth-order valence-electron chi connectivity index (χ4n) is 1.54. The molecule has 2 heteroatoms. The molecule has 0 aromatic carbocycles. The molecule has 0 unspecified atom stereocenters. The topological polar surface area (TPSA) is 3.88 Å². The molecule has 0 amide bonds. The number of aryl methyl sites for hydroxylation is 1. The lowest BCUT2D eigenvalue weighted by Gasteiger charge is -2.09. The predicted octanol–water partition coefficient (Wildman–Crippen LogP) is 3.91. The highest BCUT2D eigenvalue weighted by molar-refractivity contribution is 7.09. The van der Waals surface area contributed by atoms with Crippen molar-refractivity contribution in [3.05, 3.63) is 16.6 Å². The zero-order valence-electron chi connectivity index (χ0n) is 10.5. The van der Waals surface area contributed by atoms with Gasteiger partial charge in [-0.3, -0.25) is 0 Å². The molecule has 0 saturated heterocycles. The van der Waals surface area contributed by atoms with E-state index >= 15 is 0 Å². The molecule has 0 N–H and O–H groups in total. The molecular formula is C13H24NS+. The zero-order valence-corrected chi connectivity index (χ0v) is 11.4. The lowest BCUT2D eigenvalue weighted by Crippen LogP contribution is -2.48. The van der Waals surface area contributed by atoms with Crippen LogP contribution in [0.5, 0.6) is 0 Å². The summed E-state index contributed by atoms with van der Waals surface area (Å²) in [7, 11) is 0. The fraction of sp³-hybridized carbons (Fsp3) is 0.769. The molecule has 0 radical (unpaired) electrons. The molecule has 0 aliphatic rings. The molecule has 15 heavy (non-hydrogen) atoms. The number of hydrogen-bond donors (Lipinski definition) is 0. The number of thiazole rings is 1. The fourth-order valence-corrected chi connectivity index (χ4v) is 2.60. The highest BCUT2D eigenvalue weighted by Crippen LogP contribution is 2.14. The summed E-state index contributed by atoms with van der Waals surface area (Å²) in [6, 6.07) is 0. The first kappa shape index (κ1) is 12.7. The Morgan fingerprint density at radius 1 is 1.20 bits per heavy atom. The van der Waals surface area contributed by atoms with Crippen LogP contribution in [0.15, 0.2) is 11.7 Å². The molecule has 1 rings (SSSR count). The monoisotopic (exact) mass is 226 g/mol. The van der Waals surface area contributed by atoms with E-state index in [0.29, 0.717) is 0 Å². The van der Waals surface area contributed by atoms with Crippen LogP contribution in [0.1, 0.15) is 58.3 Å². The van der Waals surface area contributed by atoms with Crippen LogP contribution in [0, 0.1) is 0 Å². The van der Waals surface area contributed by atoms with Gasteiger partial charge < -0.3 is 0 Å². The second kappa shape index (κ2) is 5.64. The van der Waals surface area contributed by atoms with Gasteiger partial charge in [-0.05, 0) is 12.8 Å². The van der Waals surface area contributed by atoms with Crippen LogP contribution in [0.4, 0.5) is 0 Å².